The van der Waals surface area contributed by atoms with Gasteiger partial charge in [0.15, 0.2) is 11.4 Å². The Kier molecular flexibility index (Phi) is 8.60. The van der Waals surface area contributed by atoms with Crippen LogP contribution in [-0.4, -0.2) is 44.6 Å². The summed E-state index contributed by atoms with van der Waals surface area (Å²) >= 11 is 2.74. The minimum absolute atomic E-state index is 0.103. The standard InChI is InChI=1S/C28H30N6O4S2/c1-27(2)37-18-28(38-27,20-13-7-4-8-14-20)24(36)30-26-34-32-23(40-26)16-10-9-15-22-31-33-25(39-22)29-21(35)17-19-11-5-3-6-12-19/h3-8,11-14H,9-10,15-18H2,1-2H3,(H,29,33,35)(H,30,34,36). The van der Waals surface area contributed by atoms with Crippen molar-refractivity contribution in [2.45, 2.75) is 57.3 Å². The zero-order valence-electron chi connectivity index (χ0n) is 22.3. The molecule has 1 unspecified atom stereocenters. The molecule has 40 heavy (non-hydrogen) atoms. The summed E-state index contributed by atoms with van der Waals surface area (Å²) in [5.41, 5.74) is 0.404. The van der Waals surface area contributed by atoms with Crippen molar-refractivity contribution < 1.29 is 19.1 Å². The molecule has 10 nitrogen and oxygen atoms in total. The zero-order chi connectivity index (χ0) is 28.0. The van der Waals surface area contributed by atoms with Crippen LogP contribution in [-0.2, 0) is 43.9 Å². The Balaban J connectivity index is 1.09. The van der Waals surface area contributed by atoms with Crippen molar-refractivity contribution in [2.75, 3.05) is 17.2 Å². The summed E-state index contributed by atoms with van der Waals surface area (Å²) in [4.78, 5) is 25.6. The molecule has 1 fully saturated rings. The van der Waals surface area contributed by atoms with Crippen molar-refractivity contribution in [1.82, 2.24) is 20.4 Å². The second-order valence-corrected chi connectivity index (χ2v) is 12.0. The molecule has 2 aromatic heterocycles. The van der Waals surface area contributed by atoms with E-state index in [1.54, 1.807) is 13.8 Å². The molecule has 12 heteroatoms. The van der Waals surface area contributed by atoms with Crippen molar-refractivity contribution in [3.8, 4) is 0 Å². The Morgan fingerprint density at radius 1 is 0.825 bits per heavy atom. The quantitative estimate of drug-likeness (QED) is 0.244. The number of ether oxygens (including phenoxy) is 2. The van der Waals surface area contributed by atoms with Gasteiger partial charge in [0, 0.05) is 12.8 Å². The first-order valence-electron chi connectivity index (χ1n) is 13.0. The maximum absolute atomic E-state index is 13.4. The molecule has 1 atom stereocenters. The molecule has 0 spiro atoms. The number of amides is 2. The van der Waals surface area contributed by atoms with Crippen molar-refractivity contribution in [1.29, 1.82) is 0 Å². The van der Waals surface area contributed by atoms with Gasteiger partial charge in [-0.1, -0.05) is 83.3 Å². The summed E-state index contributed by atoms with van der Waals surface area (Å²) < 4.78 is 11.9. The average molecular weight is 579 g/mol. The van der Waals surface area contributed by atoms with Crippen LogP contribution in [0.25, 0.3) is 0 Å². The van der Waals surface area contributed by atoms with Crippen LogP contribution in [0.2, 0.25) is 0 Å². The molecule has 0 aliphatic carbocycles. The van der Waals surface area contributed by atoms with Gasteiger partial charge in [-0.05, 0) is 37.8 Å². The highest BCUT2D eigenvalue weighted by Crippen LogP contribution is 2.40. The third-order valence-corrected chi connectivity index (χ3v) is 8.09. The molecule has 2 amide bonds. The van der Waals surface area contributed by atoms with Crippen molar-refractivity contribution in [3.63, 3.8) is 0 Å². The molecule has 0 bridgehead atoms. The first kappa shape index (κ1) is 28.0. The molecule has 1 aliphatic heterocycles. The lowest BCUT2D eigenvalue weighted by atomic mass is 9.93. The maximum atomic E-state index is 13.4. The van der Waals surface area contributed by atoms with Gasteiger partial charge in [-0.25, -0.2) is 0 Å². The monoisotopic (exact) mass is 578 g/mol. The molecule has 5 rings (SSSR count). The van der Waals surface area contributed by atoms with Crippen LogP contribution in [0.3, 0.4) is 0 Å². The number of rotatable bonds is 11. The summed E-state index contributed by atoms with van der Waals surface area (Å²) in [6.07, 6.45) is 3.53. The van der Waals surface area contributed by atoms with Gasteiger partial charge in [0.25, 0.3) is 5.91 Å². The second kappa shape index (κ2) is 12.3. The van der Waals surface area contributed by atoms with Gasteiger partial charge < -0.3 is 14.8 Å². The molecule has 4 aromatic rings. The van der Waals surface area contributed by atoms with E-state index in [1.165, 1.54) is 22.7 Å². The second-order valence-electron chi connectivity index (χ2n) is 9.86. The average Bonchev–Trinajstić information content (AvgIpc) is 3.67. The molecule has 2 N–H and O–H groups in total. The number of hydrogen-bond donors (Lipinski definition) is 2. The van der Waals surface area contributed by atoms with Crippen LogP contribution in [0.1, 0.15) is 47.8 Å². The topological polar surface area (TPSA) is 128 Å². The number of carbonyl (C=O) groups excluding carboxylic acids is 2. The van der Waals surface area contributed by atoms with E-state index < -0.39 is 11.4 Å². The number of benzene rings is 2. The van der Waals surface area contributed by atoms with Gasteiger partial charge in [0.1, 0.15) is 10.0 Å². The summed E-state index contributed by atoms with van der Waals surface area (Å²) in [6.45, 7) is 3.68. The van der Waals surface area contributed by atoms with Crippen LogP contribution in [0.5, 0.6) is 0 Å². The number of carbonyl (C=O) groups is 2. The van der Waals surface area contributed by atoms with Gasteiger partial charge in [0.2, 0.25) is 16.2 Å². The number of nitrogens with zero attached hydrogens (tertiary/aromatic N) is 4. The Bertz CT molecular complexity index is 1440. The van der Waals surface area contributed by atoms with Crippen LogP contribution < -0.4 is 10.6 Å². The summed E-state index contributed by atoms with van der Waals surface area (Å²) in [5.74, 6) is -1.34. The first-order valence-corrected chi connectivity index (χ1v) is 14.6. The van der Waals surface area contributed by atoms with E-state index in [-0.39, 0.29) is 18.4 Å². The number of nitrogens with one attached hydrogen (secondary N) is 2. The number of hydrogen-bond acceptors (Lipinski definition) is 10. The number of aryl methyl sites for hydroxylation is 2. The Morgan fingerprint density at radius 3 is 1.98 bits per heavy atom. The normalized spacial score (nSPS) is 17.9. The van der Waals surface area contributed by atoms with Gasteiger partial charge in [-0.3, -0.25) is 14.9 Å². The van der Waals surface area contributed by atoms with E-state index in [1.807, 2.05) is 60.7 Å². The van der Waals surface area contributed by atoms with E-state index in [9.17, 15) is 9.59 Å². The smallest absolute Gasteiger partial charge is 0.265 e. The van der Waals surface area contributed by atoms with Crippen molar-refractivity contribution in [2.24, 2.45) is 0 Å². The fourth-order valence-corrected chi connectivity index (χ4v) is 5.93. The lowest BCUT2D eigenvalue weighted by molar-refractivity contribution is -0.172. The molecule has 2 aromatic carbocycles. The highest BCUT2D eigenvalue weighted by molar-refractivity contribution is 7.15. The fourth-order valence-electron chi connectivity index (χ4n) is 4.35. The largest absolute Gasteiger partial charge is 0.347 e. The number of anilines is 2. The molecular weight excluding hydrogens is 548 g/mol. The summed E-state index contributed by atoms with van der Waals surface area (Å²) in [6, 6.07) is 18.9. The van der Waals surface area contributed by atoms with E-state index in [2.05, 4.69) is 31.0 Å². The lowest BCUT2D eigenvalue weighted by Crippen LogP contribution is -2.43. The van der Waals surface area contributed by atoms with Crippen LogP contribution in [0.15, 0.2) is 60.7 Å². The third kappa shape index (κ3) is 6.94. The minimum atomic E-state index is -1.27. The first-order chi connectivity index (χ1) is 19.3. The Hall–Kier alpha value is -3.58. The van der Waals surface area contributed by atoms with E-state index in [0.29, 0.717) is 16.7 Å². The van der Waals surface area contributed by atoms with Crippen LogP contribution in [0, 0.1) is 0 Å². The van der Waals surface area contributed by atoms with Gasteiger partial charge in [-0.15, -0.1) is 20.4 Å². The third-order valence-electron chi connectivity index (χ3n) is 6.29. The predicted molar refractivity (Wildman–Crippen MR) is 153 cm³/mol. The van der Waals surface area contributed by atoms with E-state index in [0.717, 1.165) is 46.8 Å². The lowest BCUT2D eigenvalue weighted by Gasteiger charge is -2.28. The Morgan fingerprint density at radius 2 is 1.40 bits per heavy atom. The molecule has 3 heterocycles. The molecular formula is C28H30N6O4S2. The molecule has 1 saturated heterocycles. The molecule has 208 valence electrons. The van der Waals surface area contributed by atoms with Crippen LogP contribution >= 0.6 is 22.7 Å². The molecule has 0 radical (unpaired) electrons. The molecule has 0 saturated carbocycles. The Labute approximate surface area is 240 Å². The van der Waals surface area contributed by atoms with Gasteiger partial charge >= 0.3 is 0 Å². The van der Waals surface area contributed by atoms with E-state index >= 15 is 0 Å². The van der Waals surface area contributed by atoms with Crippen molar-refractivity contribution >= 4 is 44.8 Å². The summed E-state index contributed by atoms with van der Waals surface area (Å²) in [7, 11) is 0. The van der Waals surface area contributed by atoms with Gasteiger partial charge in [0.05, 0.1) is 13.0 Å². The number of aromatic nitrogens is 4. The maximum Gasteiger partial charge on any atom is 0.265 e. The predicted octanol–water partition coefficient (Wildman–Crippen LogP) is 4.75. The van der Waals surface area contributed by atoms with E-state index in [4.69, 9.17) is 9.47 Å². The molecule has 1 aliphatic rings. The highest BCUT2D eigenvalue weighted by atomic mass is 32.1. The minimum Gasteiger partial charge on any atom is -0.347 e. The van der Waals surface area contributed by atoms with Crippen molar-refractivity contribution in [3.05, 3.63) is 81.8 Å². The number of unbranched alkanes of at least 4 members (excludes halogenated alkanes) is 1. The summed E-state index contributed by atoms with van der Waals surface area (Å²) in [5, 5.41) is 25.0. The highest BCUT2D eigenvalue weighted by Gasteiger charge is 2.52. The fraction of sp³-hybridized carbons (Fsp3) is 0.357. The van der Waals surface area contributed by atoms with Crippen LogP contribution in [0.4, 0.5) is 10.3 Å². The van der Waals surface area contributed by atoms with Gasteiger partial charge in [-0.2, -0.15) is 0 Å². The zero-order valence-corrected chi connectivity index (χ0v) is 23.9. The SMILES string of the molecule is CC1(C)OCC(C(=O)Nc2nnc(CCCCc3nnc(NC(=O)Cc4ccccc4)s3)s2)(c2ccccc2)O1.